The summed E-state index contributed by atoms with van der Waals surface area (Å²) in [6, 6.07) is 15.5. The number of fused-ring (bicyclic) bond motifs is 1. The van der Waals surface area contributed by atoms with Crippen LogP contribution in [0.4, 0.5) is 5.69 Å². The van der Waals surface area contributed by atoms with E-state index in [-0.39, 0.29) is 23.7 Å². The van der Waals surface area contributed by atoms with Gasteiger partial charge in [0.2, 0.25) is 5.89 Å². The number of nitro benzene ring substituents is 1. The number of pyridine rings is 1. The summed E-state index contributed by atoms with van der Waals surface area (Å²) in [5.74, 6) is 0.113. The van der Waals surface area contributed by atoms with Gasteiger partial charge in [-0.05, 0) is 42.8 Å². The first kappa shape index (κ1) is 18.3. The molecule has 144 valence electrons. The van der Waals surface area contributed by atoms with Gasteiger partial charge in [-0.3, -0.25) is 14.9 Å². The summed E-state index contributed by atoms with van der Waals surface area (Å²) in [7, 11) is 0. The number of rotatable bonds is 5. The number of carbonyl (C=O) groups is 1. The number of hydrogen-bond acceptors (Lipinski definition) is 6. The molecule has 1 N–H and O–H groups in total. The Kier molecular flexibility index (Phi) is 4.74. The lowest BCUT2D eigenvalue weighted by Crippen LogP contribution is -2.23. The van der Waals surface area contributed by atoms with Crippen LogP contribution in [0.1, 0.15) is 21.5 Å². The summed E-state index contributed by atoms with van der Waals surface area (Å²) in [6.07, 6.45) is 1.66. The van der Waals surface area contributed by atoms with Gasteiger partial charge in [-0.1, -0.05) is 18.2 Å². The first-order valence-corrected chi connectivity index (χ1v) is 8.86. The minimum absolute atomic E-state index is 0.0742. The molecule has 0 radical (unpaired) electrons. The second-order valence-electron chi connectivity index (χ2n) is 6.43. The molecule has 0 saturated heterocycles. The van der Waals surface area contributed by atoms with E-state index in [0.717, 1.165) is 11.1 Å². The molecule has 8 heteroatoms. The summed E-state index contributed by atoms with van der Waals surface area (Å²) in [6.45, 7) is 1.85. The van der Waals surface area contributed by atoms with Gasteiger partial charge < -0.3 is 9.73 Å². The van der Waals surface area contributed by atoms with Gasteiger partial charge in [0.25, 0.3) is 11.6 Å². The Morgan fingerprint density at radius 2 is 1.93 bits per heavy atom. The molecule has 0 bridgehead atoms. The average molecular weight is 388 g/mol. The third kappa shape index (κ3) is 3.68. The van der Waals surface area contributed by atoms with Gasteiger partial charge in [0.1, 0.15) is 0 Å². The number of oxazole rings is 1. The topological polar surface area (TPSA) is 111 Å². The van der Waals surface area contributed by atoms with Crippen molar-refractivity contribution in [3.8, 4) is 11.5 Å². The van der Waals surface area contributed by atoms with E-state index < -0.39 is 4.92 Å². The third-order valence-electron chi connectivity index (χ3n) is 4.57. The van der Waals surface area contributed by atoms with Crippen molar-refractivity contribution < 1.29 is 14.1 Å². The molecule has 0 aliphatic rings. The number of benzene rings is 2. The molecule has 2 aromatic carbocycles. The van der Waals surface area contributed by atoms with Crippen LogP contribution in [0.15, 0.2) is 65.2 Å². The first-order valence-electron chi connectivity index (χ1n) is 8.86. The average Bonchev–Trinajstić information content (AvgIpc) is 3.16. The zero-order chi connectivity index (χ0) is 20.4. The van der Waals surface area contributed by atoms with Gasteiger partial charge in [-0.2, -0.15) is 4.98 Å². The minimum atomic E-state index is -0.494. The molecule has 0 atom stereocenters. The first-order chi connectivity index (χ1) is 14.0. The van der Waals surface area contributed by atoms with Crippen molar-refractivity contribution in [3.05, 3.63) is 87.6 Å². The van der Waals surface area contributed by atoms with Crippen molar-refractivity contribution in [2.24, 2.45) is 0 Å². The molecule has 4 rings (SSSR count). The molecule has 2 aromatic heterocycles. The number of nitrogens with one attached hydrogen (secondary N) is 1. The normalized spacial score (nSPS) is 10.8. The minimum Gasteiger partial charge on any atom is -0.434 e. The van der Waals surface area contributed by atoms with Crippen LogP contribution in [-0.2, 0) is 6.54 Å². The molecule has 29 heavy (non-hydrogen) atoms. The maximum absolute atomic E-state index is 12.4. The fraction of sp³-hybridized carbons (Fsp3) is 0.0952. The Balaban J connectivity index is 1.46. The van der Waals surface area contributed by atoms with Crippen LogP contribution in [0.2, 0.25) is 0 Å². The van der Waals surface area contributed by atoms with Crippen LogP contribution in [0.25, 0.3) is 22.7 Å². The summed E-state index contributed by atoms with van der Waals surface area (Å²) in [5, 5.41) is 13.8. The number of amides is 1. The SMILES string of the molecule is Cc1c(C(=O)NCc2ccc(-c3nc4ncccc4o3)cc2)cccc1[N+](=O)[O-]. The van der Waals surface area contributed by atoms with Crippen molar-refractivity contribution in [2.45, 2.75) is 13.5 Å². The van der Waals surface area contributed by atoms with Crippen molar-refractivity contribution in [1.82, 2.24) is 15.3 Å². The molecule has 1 amide bonds. The van der Waals surface area contributed by atoms with Crippen molar-refractivity contribution in [2.75, 3.05) is 0 Å². The number of aromatic nitrogens is 2. The fourth-order valence-corrected chi connectivity index (χ4v) is 3.00. The molecule has 8 nitrogen and oxygen atoms in total. The van der Waals surface area contributed by atoms with Crippen molar-refractivity contribution in [1.29, 1.82) is 0 Å². The molecule has 0 spiro atoms. The number of nitro groups is 1. The second kappa shape index (κ2) is 7.51. The second-order valence-corrected chi connectivity index (χ2v) is 6.43. The largest absolute Gasteiger partial charge is 0.434 e. The Morgan fingerprint density at radius 1 is 1.14 bits per heavy atom. The summed E-state index contributed by atoms with van der Waals surface area (Å²) < 4.78 is 5.70. The van der Waals surface area contributed by atoms with Gasteiger partial charge in [0.15, 0.2) is 11.2 Å². The standard InChI is InChI=1S/C21H16N4O4/c1-13-16(4-2-5-17(13)25(27)28)20(26)23-12-14-7-9-15(10-8-14)21-24-19-18(29-21)6-3-11-22-19/h2-11H,12H2,1H3,(H,23,26). The van der Waals surface area contributed by atoms with Gasteiger partial charge in [-0.25, -0.2) is 4.98 Å². The van der Waals surface area contributed by atoms with Crippen LogP contribution in [0, 0.1) is 17.0 Å². The lowest BCUT2D eigenvalue weighted by molar-refractivity contribution is -0.385. The number of carbonyl (C=O) groups excluding carboxylic acids is 1. The van der Waals surface area contributed by atoms with E-state index in [0.29, 0.717) is 22.7 Å². The summed E-state index contributed by atoms with van der Waals surface area (Å²) >= 11 is 0. The quantitative estimate of drug-likeness (QED) is 0.408. The maximum atomic E-state index is 12.4. The van der Waals surface area contributed by atoms with Crippen LogP contribution in [-0.4, -0.2) is 20.8 Å². The van der Waals surface area contributed by atoms with Gasteiger partial charge in [-0.15, -0.1) is 0 Å². The fourth-order valence-electron chi connectivity index (χ4n) is 3.00. The Hall–Kier alpha value is -4.07. The van der Waals surface area contributed by atoms with Crippen LogP contribution in [0.5, 0.6) is 0 Å². The summed E-state index contributed by atoms with van der Waals surface area (Å²) in [4.78, 5) is 31.5. The molecular weight excluding hydrogens is 372 g/mol. The molecule has 0 unspecified atom stereocenters. The molecule has 0 saturated carbocycles. The third-order valence-corrected chi connectivity index (χ3v) is 4.57. The summed E-state index contributed by atoms with van der Waals surface area (Å²) in [5.41, 5.74) is 3.39. The Labute approximate surface area is 165 Å². The highest BCUT2D eigenvalue weighted by atomic mass is 16.6. The van der Waals surface area contributed by atoms with E-state index >= 15 is 0 Å². The van der Waals surface area contributed by atoms with Crippen molar-refractivity contribution in [3.63, 3.8) is 0 Å². The van der Waals surface area contributed by atoms with E-state index in [4.69, 9.17) is 4.42 Å². The molecule has 0 aliphatic carbocycles. The van der Waals surface area contributed by atoms with E-state index in [1.54, 1.807) is 31.3 Å². The monoisotopic (exact) mass is 388 g/mol. The lowest BCUT2D eigenvalue weighted by Gasteiger charge is -2.08. The van der Waals surface area contributed by atoms with E-state index in [2.05, 4.69) is 15.3 Å². The lowest BCUT2D eigenvalue weighted by atomic mass is 10.1. The molecule has 0 fully saturated rings. The number of hydrogen-bond donors (Lipinski definition) is 1. The van der Waals surface area contributed by atoms with E-state index in [9.17, 15) is 14.9 Å². The Morgan fingerprint density at radius 3 is 2.66 bits per heavy atom. The highest BCUT2D eigenvalue weighted by Gasteiger charge is 2.17. The van der Waals surface area contributed by atoms with E-state index in [1.807, 2.05) is 24.3 Å². The number of nitrogens with zero attached hydrogens (tertiary/aromatic N) is 3. The van der Waals surface area contributed by atoms with Crippen LogP contribution in [0.3, 0.4) is 0 Å². The predicted octanol–water partition coefficient (Wildman–Crippen LogP) is 4.04. The molecular formula is C21H16N4O4. The maximum Gasteiger partial charge on any atom is 0.273 e. The zero-order valence-electron chi connectivity index (χ0n) is 15.5. The molecule has 4 aromatic rings. The highest BCUT2D eigenvalue weighted by Crippen LogP contribution is 2.24. The van der Waals surface area contributed by atoms with E-state index in [1.165, 1.54) is 12.1 Å². The van der Waals surface area contributed by atoms with Crippen LogP contribution < -0.4 is 5.32 Å². The molecule has 2 heterocycles. The van der Waals surface area contributed by atoms with Gasteiger partial charge in [0.05, 0.1) is 4.92 Å². The van der Waals surface area contributed by atoms with Crippen molar-refractivity contribution >= 4 is 22.8 Å². The smallest absolute Gasteiger partial charge is 0.273 e. The van der Waals surface area contributed by atoms with Gasteiger partial charge in [0, 0.05) is 35.5 Å². The predicted molar refractivity (Wildman–Crippen MR) is 106 cm³/mol. The van der Waals surface area contributed by atoms with Crippen LogP contribution >= 0.6 is 0 Å². The zero-order valence-corrected chi connectivity index (χ0v) is 15.5. The van der Waals surface area contributed by atoms with Gasteiger partial charge >= 0.3 is 0 Å². The highest BCUT2D eigenvalue weighted by molar-refractivity contribution is 5.96. The Bertz CT molecular complexity index is 1180. The molecule has 0 aliphatic heterocycles.